The molecule has 1 aromatic heterocycles. The molecule has 0 aliphatic carbocycles. The first kappa shape index (κ1) is 11.0. The molecule has 0 atom stereocenters. The predicted molar refractivity (Wildman–Crippen MR) is 54.4 cm³/mol. The molecule has 16 heavy (non-hydrogen) atoms. The van der Waals surface area contributed by atoms with Crippen LogP contribution in [0.5, 0.6) is 0 Å². The molecule has 0 aliphatic heterocycles. The average Bonchev–Trinajstić information content (AvgIpc) is 2.71. The standard InChI is InChI=1S/C10H8ClFN2O2/c11-7-2-1-6(3-8(7)12)4-9-13-10(5-15)16-14-9/h1-3,15H,4-5H2. The van der Waals surface area contributed by atoms with Gasteiger partial charge in [0.05, 0.1) is 5.02 Å². The van der Waals surface area contributed by atoms with Gasteiger partial charge in [-0.05, 0) is 17.7 Å². The van der Waals surface area contributed by atoms with Crippen LogP contribution in [-0.2, 0) is 13.0 Å². The number of aliphatic hydroxyl groups is 1. The average molecular weight is 243 g/mol. The van der Waals surface area contributed by atoms with E-state index in [4.69, 9.17) is 21.2 Å². The van der Waals surface area contributed by atoms with Gasteiger partial charge in [0.2, 0.25) is 0 Å². The summed E-state index contributed by atoms with van der Waals surface area (Å²) >= 11 is 5.55. The molecule has 0 fully saturated rings. The van der Waals surface area contributed by atoms with E-state index in [1.807, 2.05) is 0 Å². The Balaban J connectivity index is 2.17. The van der Waals surface area contributed by atoms with Crippen LogP contribution in [0, 0.1) is 5.82 Å². The number of nitrogens with zero attached hydrogens (tertiary/aromatic N) is 2. The molecule has 2 aromatic rings. The van der Waals surface area contributed by atoms with Crippen molar-refractivity contribution in [2.45, 2.75) is 13.0 Å². The third kappa shape index (κ3) is 2.37. The fourth-order valence-electron chi connectivity index (χ4n) is 1.26. The second-order valence-electron chi connectivity index (χ2n) is 3.19. The maximum atomic E-state index is 13.1. The van der Waals surface area contributed by atoms with Crippen molar-refractivity contribution in [3.8, 4) is 0 Å². The van der Waals surface area contributed by atoms with Crippen LogP contribution in [0.3, 0.4) is 0 Å². The molecule has 0 amide bonds. The molecule has 0 unspecified atom stereocenters. The van der Waals surface area contributed by atoms with Crippen LogP contribution in [0.15, 0.2) is 22.7 Å². The third-order valence-electron chi connectivity index (χ3n) is 1.99. The van der Waals surface area contributed by atoms with E-state index in [1.165, 1.54) is 12.1 Å². The Kier molecular flexibility index (Phi) is 3.17. The van der Waals surface area contributed by atoms with Crippen LogP contribution in [0.2, 0.25) is 5.02 Å². The van der Waals surface area contributed by atoms with Crippen molar-refractivity contribution in [3.05, 3.63) is 46.3 Å². The van der Waals surface area contributed by atoms with E-state index >= 15 is 0 Å². The van der Waals surface area contributed by atoms with Crippen molar-refractivity contribution in [1.82, 2.24) is 10.1 Å². The number of halogens is 2. The number of aliphatic hydroxyl groups excluding tert-OH is 1. The molecular formula is C10H8ClFN2O2. The lowest BCUT2D eigenvalue weighted by molar-refractivity contribution is 0.222. The lowest BCUT2D eigenvalue weighted by atomic mass is 10.1. The van der Waals surface area contributed by atoms with Gasteiger partial charge in [-0.1, -0.05) is 22.8 Å². The summed E-state index contributed by atoms with van der Waals surface area (Å²) in [6, 6.07) is 4.47. The maximum absolute atomic E-state index is 13.1. The van der Waals surface area contributed by atoms with Crippen LogP contribution >= 0.6 is 11.6 Å². The predicted octanol–water partition coefficient (Wildman–Crippen LogP) is 1.95. The first-order valence-electron chi connectivity index (χ1n) is 4.55. The van der Waals surface area contributed by atoms with Gasteiger partial charge in [-0.25, -0.2) is 4.39 Å². The quantitative estimate of drug-likeness (QED) is 0.894. The van der Waals surface area contributed by atoms with E-state index in [1.54, 1.807) is 6.07 Å². The van der Waals surface area contributed by atoms with Gasteiger partial charge in [0.15, 0.2) is 5.82 Å². The Morgan fingerprint density at radius 3 is 2.88 bits per heavy atom. The Labute approximate surface area is 95.7 Å². The zero-order valence-electron chi connectivity index (χ0n) is 8.15. The summed E-state index contributed by atoms with van der Waals surface area (Å²) in [4.78, 5) is 3.89. The molecule has 0 radical (unpaired) electrons. The van der Waals surface area contributed by atoms with Crippen molar-refractivity contribution < 1.29 is 14.0 Å². The Bertz CT molecular complexity index is 501. The summed E-state index contributed by atoms with van der Waals surface area (Å²) in [6.07, 6.45) is 0.331. The lowest BCUT2D eigenvalue weighted by Gasteiger charge is -1.98. The molecule has 6 heteroatoms. The monoisotopic (exact) mass is 242 g/mol. The van der Waals surface area contributed by atoms with Crippen molar-refractivity contribution >= 4 is 11.6 Å². The minimum Gasteiger partial charge on any atom is -0.387 e. The largest absolute Gasteiger partial charge is 0.387 e. The molecule has 0 bridgehead atoms. The Morgan fingerprint density at radius 1 is 1.44 bits per heavy atom. The first-order chi connectivity index (χ1) is 7.69. The molecule has 2 rings (SSSR count). The molecule has 1 N–H and O–H groups in total. The van der Waals surface area contributed by atoms with Gasteiger partial charge < -0.3 is 9.63 Å². The van der Waals surface area contributed by atoms with Crippen LogP contribution in [0.4, 0.5) is 4.39 Å². The summed E-state index contributed by atoms with van der Waals surface area (Å²) in [5.41, 5.74) is 0.687. The molecular weight excluding hydrogens is 235 g/mol. The molecule has 84 valence electrons. The third-order valence-corrected chi connectivity index (χ3v) is 2.30. The summed E-state index contributed by atoms with van der Waals surface area (Å²) < 4.78 is 17.8. The zero-order chi connectivity index (χ0) is 11.5. The fraction of sp³-hybridized carbons (Fsp3) is 0.200. The first-order valence-corrected chi connectivity index (χ1v) is 4.93. The van der Waals surface area contributed by atoms with Gasteiger partial charge in [0.25, 0.3) is 5.89 Å². The molecule has 0 saturated carbocycles. The van der Waals surface area contributed by atoms with E-state index in [2.05, 4.69) is 10.1 Å². The van der Waals surface area contributed by atoms with Gasteiger partial charge in [-0.15, -0.1) is 0 Å². The minimum atomic E-state index is -0.481. The summed E-state index contributed by atoms with van der Waals surface area (Å²) in [7, 11) is 0. The number of hydrogen-bond donors (Lipinski definition) is 1. The van der Waals surface area contributed by atoms with Crippen LogP contribution in [0.1, 0.15) is 17.3 Å². The highest BCUT2D eigenvalue weighted by molar-refractivity contribution is 6.30. The van der Waals surface area contributed by atoms with Crippen LogP contribution in [-0.4, -0.2) is 15.2 Å². The number of benzene rings is 1. The van der Waals surface area contributed by atoms with Crippen molar-refractivity contribution in [2.75, 3.05) is 0 Å². The topological polar surface area (TPSA) is 59.2 Å². The zero-order valence-corrected chi connectivity index (χ0v) is 8.91. The van der Waals surface area contributed by atoms with Crippen LogP contribution < -0.4 is 0 Å². The second kappa shape index (κ2) is 4.59. The van der Waals surface area contributed by atoms with E-state index in [-0.39, 0.29) is 17.5 Å². The summed E-state index contributed by atoms with van der Waals surface area (Å²) in [5, 5.41) is 12.4. The molecule has 0 saturated heterocycles. The minimum absolute atomic E-state index is 0.0768. The highest BCUT2D eigenvalue weighted by Gasteiger charge is 2.07. The highest BCUT2D eigenvalue weighted by Crippen LogP contribution is 2.17. The van der Waals surface area contributed by atoms with Crippen molar-refractivity contribution in [1.29, 1.82) is 0 Å². The SMILES string of the molecule is OCc1nc(Cc2ccc(Cl)c(F)c2)no1. The molecule has 0 spiro atoms. The molecule has 4 nitrogen and oxygen atoms in total. The van der Waals surface area contributed by atoms with E-state index in [9.17, 15) is 4.39 Å². The lowest BCUT2D eigenvalue weighted by Crippen LogP contribution is -1.92. The van der Waals surface area contributed by atoms with Gasteiger partial charge in [0, 0.05) is 6.42 Å². The number of rotatable bonds is 3. The van der Waals surface area contributed by atoms with Gasteiger partial charge in [-0.2, -0.15) is 4.98 Å². The van der Waals surface area contributed by atoms with Crippen molar-refractivity contribution in [3.63, 3.8) is 0 Å². The Morgan fingerprint density at radius 2 is 2.25 bits per heavy atom. The summed E-state index contributed by atoms with van der Waals surface area (Å²) in [6.45, 7) is -0.304. The van der Waals surface area contributed by atoms with E-state index in [0.717, 1.165) is 0 Å². The fourth-order valence-corrected chi connectivity index (χ4v) is 1.38. The molecule has 1 aromatic carbocycles. The maximum Gasteiger partial charge on any atom is 0.252 e. The Hall–Kier alpha value is -1.46. The van der Waals surface area contributed by atoms with Crippen LogP contribution in [0.25, 0.3) is 0 Å². The second-order valence-corrected chi connectivity index (χ2v) is 3.59. The van der Waals surface area contributed by atoms with Gasteiger partial charge >= 0.3 is 0 Å². The summed E-state index contributed by atoms with van der Waals surface area (Å²) in [5.74, 6) is 0.0558. The molecule has 0 aliphatic rings. The normalized spacial score (nSPS) is 10.7. The van der Waals surface area contributed by atoms with Gasteiger partial charge in [0.1, 0.15) is 12.4 Å². The highest BCUT2D eigenvalue weighted by atomic mass is 35.5. The number of aromatic nitrogens is 2. The molecule has 1 heterocycles. The van der Waals surface area contributed by atoms with Crippen molar-refractivity contribution in [2.24, 2.45) is 0 Å². The van der Waals surface area contributed by atoms with E-state index in [0.29, 0.717) is 17.8 Å². The van der Waals surface area contributed by atoms with E-state index < -0.39 is 5.82 Å². The smallest absolute Gasteiger partial charge is 0.252 e. The van der Waals surface area contributed by atoms with Gasteiger partial charge in [-0.3, -0.25) is 0 Å². The number of hydrogen-bond acceptors (Lipinski definition) is 4.